The van der Waals surface area contributed by atoms with Gasteiger partial charge in [-0.15, -0.1) is 0 Å². The molecule has 0 fully saturated rings. The number of carbonyl (C=O) groups is 1. The average Bonchev–Trinajstić information content (AvgIpc) is 2.34. The Labute approximate surface area is 133 Å². The molecule has 5 heteroatoms. The van der Waals surface area contributed by atoms with Crippen LogP contribution in [0.25, 0.3) is 0 Å². The standard InChI is InChI=1S/C17H26O4S/c1-12(2)10-15(16(18)19)22(20,21)11-13-6-8-14(9-7-13)17(3,4)5/h6-9,12,15H,10-11H2,1-5H3,(H,18,19). The molecule has 0 heterocycles. The third kappa shape index (κ3) is 5.13. The Bertz CT molecular complexity index is 607. The summed E-state index contributed by atoms with van der Waals surface area (Å²) >= 11 is 0. The van der Waals surface area contributed by atoms with Gasteiger partial charge in [-0.3, -0.25) is 4.79 Å². The Hall–Kier alpha value is -1.36. The highest BCUT2D eigenvalue weighted by Gasteiger charge is 2.33. The van der Waals surface area contributed by atoms with Gasteiger partial charge in [0.15, 0.2) is 15.1 Å². The van der Waals surface area contributed by atoms with Gasteiger partial charge in [-0.25, -0.2) is 8.42 Å². The van der Waals surface area contributed by atoms with Crippen LogP contribution in [-0.4, -0.2) is 24.7 Å². The first-order chi connectivity index (χ1) is 9.93. The van der Waals surface area contributed by atoms with E-state index in [0.29, 0.717) is 5.56 Å². The van der Waals surface area contributed by atoms with E-state index in [-0.39, 0.29) is 23.5 Å². The van der Waals surface area contributed by atoms with E-state index >= 15 is 0 Å². The van der Waals surface area contributed by atoms with Crippen LogP contribution in [0.3, 0.4) is 0 Å². The second-order valence-electron chi connectivity index (χ2n) is 7.21. The fraction of sp³-hybridized carbons (Fsp3) is 0.588. The predicted molar refractivity (Wildman–Crippen MR) is 88.6 cm³/mol. The molecule has 0 aliphatic rings. The van der Waals surface area contributed by atoms with Gasteiger partial charge in [-0.2, -0.15) is 0 Å². The Kier molecular flexibility index (Phi) is 5.79. The number of rotatable bonds is 6. The number of hydrogen-bond donors (Lipinski definition) is 1. The maximum atomic E-state index is 12.4. The first-order valence-electron chi connectivity index (χ1n) is 7.47. The third-order valence-electron chi connectivity index (χ3n) is 3.58. The Balaban J connectivity index is 2.98. The van der Waals surface area contributed by atoms with E-state index in [0.717, 1.165) is 5.56 Å². The van der Waals surface area contributed by atoms with Gasteiger partial charge in [0.05, 0.1) is 5.75 Å². The molecule has 0 aromatic heterocycles. The Morgan fingerprint density at radius 3 is 2.00 bits per heavy atom. The smallest absolute Gasteiger partial charge is 0.321 e. The molecule has 0 radical (unpaired) electrons. The quantitative estimate of drug-likeness (QED) is 0.869. The summed E-state index contributed by atoms with van der Waals surface area (Å²) in [6, 6.07) is 7.35. The number of carboxylic acid groups (broad SMARTS) is 1. The van der Waals surface area contributed by atoms with Crippen molar-refractivity contribution in [2.45, 2.75) is 57.5 Å². The van der Waals surface area contributed by atoms with E-state index in [4.69, 9.17) is 0 Å². The van der Waals surface area contributed by atoms with Crippen LogP contribution in [0, 0.1) is 5.92 Å². The van der Waals surface area contributed by atoms with Crippen LogP contribution in [0.4, 0.5) is 0 Å². The number of carboxylic acids is 1. The summed E-state index contributed by atoms with van der Waals surface area (Å²) in [5.74, 6) is -1.49. The predicted octanol–water partition coefficient (Wildman–Crippen LogP) is 3.40. The molecule has 0 spiro atoms. The lowest BCUT2D eigenvalue weighted by Crippen LogP contribution is -2.32. The van der Waals surface area contributed by atoms with E-state index in [2.05, 4.69) is 20.8 Å². The molecule has 4 nitrogen and oxygen atoms in total. The fourth-order valence-electron chi connectivity index (χ4n) is 2.26. The molecule has 1 aromatic carbocycles. The van der Waals surface area contributed by atoms with Crippen LogP contribution in [0.15, 0.2) is 24.3 Å². The van der Waals surface area contributed by atoms with E-state index < -0.39 is 21.1 Å². The first kappa shape index (κ1) is 18.7. The highest BCUT2D eigenvalue weighted by Crippen LogP contribution is 2.24. The van der Waals surface area contributed by atoms with Crippen molar-refractivity contribution < 1.29 is 18.3 Å². The van der Waals surface area contributed by atoms with Gasteiger partial charge in [0.25, 0.3) is 0 Å². The molecule has 1 rings (SSSR count). The van der Waals surface area contributed by atoms with Crippen LogP contribution in [0.1, 0.15) is 52.2 Å². The number of benzene rings is 1. The molecule has 0 saturated carbocycles. The monoisotopic (exact) mass is 326 g/mol. The summed E-state index contributed by atoms with van der Waals surface area (Å²) in [6.07, 6.45) is 0.137. The van der Waals surface area contributed by atoms with Gasteiger partial charge in [0, 0.05) is 0 Å². The molecular weight excluding hydrogens is 300 g/mol. The topological polar surface area (TPSA) is 71.4 Å². The zero-order valence-electron chi connectivity index (χ0n) is 14.0. The first-order valence-corrected chi connectivity index (χ1v) is 9.19. The van der Waals surface area contributed by atoms with Crippen molar-refractivity contribution in [3.63, 3.8) is 0 Å². The summed E-state index contributed by atoms with van der Waals surface area (Å²) < 4.78 is 24.8. The minimum atomic E-state index is -3.72. The van der Waals surface area contributed by atoms with Gasteiger partial charge >= 0.3 is 5.97 Å². The van der Waals surface area contributed by atoms with Crippen molar-refractivity contribution in [2.75, 3.05) is 0 Å². The van der Waals surface area contributed by atoms with Crippen LogP contribution in [0.5, 0.6) is 0 Å². The van der Waals surface area contributed by atoms with E-state index in [1.54, 1.807) is 12.1 Å². The van der Waals surface area contributed by atoms with Crippen LogP contribution in [-0.2, 0) is 25.8 Å². The number of hydrogen-bond acceptors (Lipinski definition) is 3. The Morgan fingerprint density at radius 2 is 1.64 bits per heavy atom. The third-order valence-corrected chi connectivity index (χ3v) is 5.58. The molecular formula is C17H26O4S. The van der Waals surface area contributed by atoms with Gasteiger partial charge in [-0.1, -0.05) is 58.9 Å². The normalized spacial score (nSPS) is 14.1. The van der Waals surface area contributed by atoms with Gasteiger partial charge < -0.3 is 5.11 Å². The molecule has 1 atom stereocenters. The number of aliphatic carboxylic acids is 1. The lowest BCUT2D eigenvalue weighted by atomic mass is 9.87. The van der Waals surface area contributed by atoms with Crippen molar-refractivity contribution in [2.24, 2.45) is 5.92 Å². The maximum Gasteiger partial charge on any atom is 0.321 e. The van der Waals surface area contributed by atoms with Crippen LogP contribution < -0.4 is 0 Å². The molecule has 0 bridgehead atoms. The molecule has 1 unspecified atom stereocenters. The van der Waals surface area contributed by atoms with E-state index in [9.17, 15) is 18.3 Å². The molecule has 1 aromatic rings. The van der Waals surface area contributed by atoms with E-state index in [1.165, 1.54) is 0 Å². The minimum absolute atomic E-state index is 0.00134. The summed E-state index contributed by atoms with van der Waals surface area (Å²) in [5, 5.41) is 7.87. The largest absolute Gasteiger partial charge is 0.480 e. The molecule has 1 N–H and O–H groups in total. The van der Waals surface area contributed by atoms with Gasteiger partial charge in [0.1, 0.15) is 0 Å². The molecule has 22 heavy (non-hydrogen) atoms. The Morgan fingerprint density at radius 1 is 1.14 bits per heavy atom. The summed E-state index contributed by atoms with van der Waals surface area (Å²) in [4.78, 5) is 11.3. The van der Waals surface area contributed by atoms with Gasteiger partial charge in [0.2, 0.25) is 0 Å². The summed E-state index contributed by atoms with van der Waals surface area (Å²) in [5.41, 5.74) is 1.74. The van der Waals surface area contributed by atoms with Crippen molar-refractivity contribution in [3.05, 3.63) is 35.4 Å². The molecule has 0 amide bonds. The van der Waals surface area contributed by atoms with Crippen molar-refractivity contribution in [1.29, 1.82) is 0 Å². The maximum absolute atomic E-state index is 12.4. The lowest BCUT2D eigenvalue weighted by Gasteiger charge is -2.19. The zero-order valence-corrected chi connectivity index (χ0v) is 14.8. The molecule has 0 saturated heterocycles. The number of sulfone groups is 1. The van der Waals surface area contributed by atoms with Crippen molar-refractivity contribution >= 4 is 15.8 Å². The molecule has 0 aliphatic heterocycles. The van der Waals surface area contributed by atoms with Crippen molar-refractivity contribution in [3.8, 4) is 0 Å². The summed E-state index contributed by atoms with van der Waals surface area (Å²) in [7, 11) is -3.72. The van der Waals surface area contributed by atoms with E-state index in [1.807, 2.05) is 26.0 Å². The molecule has 0 aliphatic carbocycles. The SMILES string of the molecule is CC(C)CC(C(=O)O)S(=O)(=O)Cc1ccc(C(C)(C)C)cc1. The van der Waals surface area contributed by atoms with Crippen LogP contribution >= 0.6 is 0 Å². The minimum Gasteiger partial charge on any atom is -0.480 e. The fourth-order valence-corrected chi connectivity index (χ4v) is 4.11. The molecule has 124 valence electrons. The highest BCUT2D eigenvalue weighted by atomic mass is 32.2. The zero-order chi connectivity index (χ0) is 17.1. The van der Waals surface area contributed by atoms with Gasteiger partial charge in [-0.05, 0) is 28.9 Å². The second kappa shape index (κ2) is 6.82. The highest BCUT2D eigenvalue weighted by molar-refractivity contribution is 7.92. The lowest BCUT2D eigenvalue weighted by molar-refractivity contribution is -0.136. The average molecular weight is 326 g/mol. The van der Waals surface area contributed by atoms with Crippen LogP contribution in [0.2, 0.25) is 0 Å². The van der Waals surface area contributed by atoms with Crippen molar-refractivity contribution in [1.82, 2.24) is 0 Å². The second-order valence-corrected chi connectivity index (χ2v) is 9.39. The summed E-state index contributed by atoms with van der Waals surface area (Å²) in [6.45, 7) is 9.90.